The van der Waals surface area contributed by atoms with Crippen LogP contribution in [0.1, 0.15) is 55.7 Å². The van der Waals surface area contributed by atoms with E-state index in [9.17, 15) is 14.4 Å². The zero-order valence-corrected chi connectivity index (χ0v) is 22.8. The summed E-state index contributed by atoms with van der Waals surface area (Å²) in [5.41, 5.74) is 3.09. The standard InChI is InChI=1S/C30H29ClN4O5/c1-2-3-16-34-25-8-5-4-7-22(25)32-23(30(34)38)14-15-29(37)40-19-28(36)35-26(27-9-6-17-39-27)18-24(33-35)20-10-12-21(31)13-11-20/h4-13,17,26H,2-3,14-16,18-19H2,1H3. The molecule has 0 saturated carbocycles. The van der Waals surface area contributed by atoms with Gasteiger partial charge in [-0.25, -0.2) is 9.99 Å². The number of esters is 1. The van der Waals surface area contributed by atoms with Gasteiger partial charge in [-0.15, -0.1) is 0 Å². The number of aromatic nitrogens is 2. The fourth-order valence-electron chi connectivity index (χ4n) is 4.71. The zero-order valence-electron chi connectivity index (χ0n) is 22.1. The fourth-order valence-corrected chi connectivity index (χ4v) is 4.83. The molecule has 0 bridgehead atoms. The van der Waals surface area contributed by atoms with Crippen molar-refractivity contribution >= 4 is 40.2 Å². The van der Waals surface area contributed by atoms with Crippen molar-refractivity contribution in [1.82, 2.24) is 14.6 Å². The van der Waals surface area contributed by atoms with Crippen LogP contribution in [0.25, 0.3) is 11.0 Å². The highest BCUT2D eigenvalue weighted by atomic mass is 35.5. The minimum atomic E-state index is -0.599. The number of fused-ring (bicyclic) bond motifs is 1. The van der Waals surface area contributed by atoms with Gasteiger partial charge in [0.1, 0.15) is 17.5 Å². The summed E-state index contributed by atoms with van der Waals surface area (Å²) in [5, 5.41) is 6.42. The first-order chi connectivity index (χ1) is 19.4. The van der Waals surface area contributed by atoms with Gasteiger partial charge < -0.3 is 13.7 Å². The number of rotatable bonds is 10. The Balaban J connectivity index is 1.25. The van der Waals surface area contributed by atoms with E-state index < -0.39 is 24.5 Å². The number of amides is 1. The van der Waals surface area contributed by atoms with Gasteiger partial charge in [0.25, 0.3) is 11.5 Å². The van der Waals surface area contributed by atoms with Crippen LogP contribution in [0, 0.1) is 0 Å². The molecule has 1 aliphatic rings. The van der Waals surface area contributed by atoms with Crippen molar-refractivity contribution in [2.45, 2.75) is 51.6 Å². The van der Waals surface area contributed by atoms with E-state index in [4.69, 9.17) is 20.8 Å². The molecular formula is C30H29ClN4O5. The molecule has 0 N–H and O–H groups in total. The Kier molecular flexibility index (Phi) is 8.40. The minimum Gasteiger partial charge on any atom is -0.467 e. The van der Waals surface area contributed by atoms with Gasteiger partial charge in [0, 0.05) is 24.4 Å². The van der Waals surface area contributed by atoms with Gasteiger partial charge in [-0.3, -0.25) is 14.4 Å². The summed E-state index contributed by atoms with van der Waals surface area (Å²) < 4.78 is 12.6. The first-order valence-electron chi connectivity index (χ1n) is 13.3. The van der Waals surface area contributed by atoms with Crippen molar-refractivity contribution in [3.05, 3.63) is 99.3 Å². The van der Waals surface area contributed by atoms with Crippen LogP contribution in [-0.2, 0) is 27.3 Å². The Morgan fingerprint density at radius 3 is 2.65 bits per heavy atom. The molecule has 2 aromatic carbocycles. The summed E-state index contributed by atoms with van der Waals surface area (Å²) in [6.07, 6.45) is 3.81. The van der Waals surface area contributed by atoms with E-state index in [1.807, 2.05) is 36.4 Å². The first kappa shape index (κ1) is 27.3. The van der Waals surface area contributed by atoms with Crippen LogP contribution < -0.4 is 5.56 Å². The van der Waals surface area contributed by atoms with Crippen molar-refractivity contribution in [2.24, 2.45) is 5.10 Å². The molecule has 1 amide bonds. The quantitative estimate of drug-likeness (QED) is 0.244. The maximum absolute atomic E-state index is 13.1. The monoisotopic (exact) mass is 560 g/mol. The summed E-state index contributed by atoms with van der Waals surface area (Å²) in [6.45, 7) is 2.16. The number of carbonyl (C=O) groups is 2. The SMILES string of the molecule is CCCCn1c(=O)c(CCC(=O)OCC(=O)N2N=C(c3ccc(Cl)cc3)CC2c2ccco2)nc2ccccc21. The number of ether oxygens (including phenoxy) is 1. The molecule has 0 fully saturated rings. The van der Waals surface area contributed by atoms with Crippen molar-refractivity contribution < 1.29 is 18.7 Å². The molecule has 9 nitrogen and oxygen atoms in total. The van der Waals surface area contributed by atoms with Crippen LogP contribution in [0.5, 0.6) is 0 Å². The summed E-state index contributed by atoms with van der Waals surface area (Å²) >= 11 is 6.01. The van der Waals surface area contributed by atoms with Gasteiger partial charge in [0.2, 0.25) is 0 Å². The molecule has 2 aromatic heterocycles. The van der Waals surface area contributed by atoms with Gasteiger partial charge in [0.15, 0.2) is 6.61 Å². The molecule has 0 spiro atoms. The largest absolute Gasteiger partial charge is 0.467 e. The van der Waals surface area contributed by atoms with Crippen LogP contribution in [-0.4, -0.2) is 38.8 Å². The summed E-state index contributed by atoms with van der Waals surface area (Å²) in [5.74, 6) is -0.503. The average molecular weight is 561 g/mol. The third-order valence-corrected chi connectivity index (χ3v) is 7.04. The van der Waals surface area contributed by atoms with Gasteiger partial charge in [0.05, 0.1) is 29.4 Å². The maximum atomic E-state index is 13.1. The second-order valence-corrected chi connectivity index (χ2v) is 9.98. The van der Waals surface area contributed by atoms with Gasteiger partial charge in [-0.2, -0.15) is 5.10 Å². The average Bonchev–Trinajstić information content (AvgIpc) is 3.65. The third kappa shape index (κ3) is 5.99. The van der Waals surface area contributed by atoms with E-state index in [-0.39, 0.29) is 18.4 Å². The van der Waals surface area contributed by atoms with Crippen molar-refractivity contribution in [3.8, 4) is 0 Å². The smallest absolute Gasteiger partial charge is 0.306 e. The Hall–Kier alpha value is -4.24. The molecular weight excluding hydrogens is 532 g/mol. The Morgan fingerprint density at radius 1 is 1.10 bits per heavy atom. The lowest BCUT2D eigenvalue weighted by molar-refractivity contribution is -0.152. The molecule has 206 valence electrons. The van der Waals surface area contributed by atoms with Crippen LogP contribution >= 0.6 is 11.6 Å². The molecule has 1 unspecified atom stereocenters. The number of halogens is 1. The van der Waals surface area contributed by atoms with Crippen molar-refractivity contribution in [3.63, 3.8) is 0 Å². The van der Waals surface area contributed by atoms with Gasteiger partial charge >= 0.3 is 5.97 Å². The Morgan fingerprint density at radius 2 is 1.90 bits per heavy atom. The predicted molar refractivity (Wildman–Crippen MR) is 151 cm³/mol. The molecule has 3 heterocycles. The number of nitrogens with zero attached hydrogens (tertiary/aromatic N) is 4. The van der Waals surface area contributed by atoms with E-state index in [1.54, 1.807) is 28.8 Å². The molecule has 10 heteroatoms. The molecule has 40 heavy (non-hydrogen) atoms. The normalized spacial score (nSPS) is 14.9. The van der Waals surface area contributed by atoms with E-state index >= 15 is 0 Å². The van der Waals surface area contributed by atoms with Crippen LogP contribution in [0.15, 0.2) is 81.2 Å². The number of hydrogen-bond acceptors (Lipinski definition) is 7. The van der Waals surface area contributed by atoms with Crippen molar-refractivity contribution in [2.75, 3.05) is 6.61 Å². The Bertz CT molecular complexity index is 1590. The van der Waals surface area contributed by atoms with E-state index in [0.717, 1.165) is 23.9 Å². The van der Waals surface area contributed by atoms with Gasteiger partial charge in [-0.1, -0.05) is 49.2 Å². The van der Waals surface area contributed by atoms with E-state index in [0.29, 0.717) is 40.7 Å². The zero-order chi connectivity index (χ0) is 28.1. The summed E-state index contributed by atoms with van der Waals surface area (Å²) in [6, 6.07) is 17.7. The number of unbranched alkanes of at least 4 members (excludes halogenated alkanes) is 1. The van der Waals surface area contributed by atoms with Crippen LogP contribution in [0.4, 0.5) is 0 Å². The topological polar surface area (TPSA) is 107 Å². The number of para-hydroxylation sites is 2. The lowest BCUT2D eigenvalue weighted by atomic mass is 10.0. The van der Waals surface area contributed by atoms with Crippen molar-refractivity contribution in [1.29, 1.82) is 0 Å². The van der Waals surface area contributed by atoms with E-state index in [1.165, 1.54) is 11.3 Å². The lowest BCUT2D eigenvalue weighted by Gasteiger charge is -2.19. The maximum Gasteiger partial charge on any atom is 0.306 e. The van der Waals surface area contributed by atoms with Crippen LogP contribution in [0.2, 0.25) is 5.02 Å². The van der Waals surface area contributed by atoms with E-state index in [2.05, 4.69) is 17.0 Å². The highest BCUT2D eigenvalue weighted by molar-refractivity contribution is 6.30. The fraction of sp³-hybridized carbons (Fsp3) is 0.300. The third-order valence-electron chi connectivity index (χ3n) is 6.79. The van der Waals surface area contributed by atoms with Crippen LogP contribution in [0.3, 0.4) is 0 Å². The number of hydrogen-bond donors (Lipinski definition) is 0. The van der Waals surface area contributed by atoms with Gasteiger partial charge in [-0.05, 0) is 48.4 Å². The molecule has 4 aromatic rings. The minimum absolute atomic E-state index is 0.0808. The highest BCUT2D eigenvalue weighted by Gasteiger charge is 2.35. The second-order valence-electron chi connectivity index (χ2n) is 9.55. The Labute approximate surface area is 236 Å². The second kappa shape index (κ2) is 12.3. The number of carbonyl (C=O) groups excluding carboxylic acids is 2. The predicted octanol–water partition coefficient (Wildman–Crippen LogP) is 5.30. The molecule has 0 aliphatic carbocycles. The highest BCUT2D eigenvalue weighted by Crippen LogP contribution is 2.33. The number of aryl methyl sites for hydroxylation is 2. The first-order valence-corrected chi connectivity index (χ1v) is 13.7. The number of hydrazone groups is 1. The molecule has 1 aliphatic heterocycles. The molecule has 0 radical (unpaired) electrons. The molecule has 5 rings (SSSR count). The number of furan rings is 1. The summed E-state index contributed by atoms with van der Waals surface area (Å²) in [4.78, 5) is 43.3. The summed E-state index contributed by atoms with van der Waals surface area (Å²) in [7, 11) is 0. The number of benzene rings is 2. The molecule has 1 atom stereocenters. The lowest BCUT2D eigenvalue weighted by Crippen LogP contribution is -2.31. The molecule has 0 saturated heterocycles.